The molecule has 1 rings (SSSR count). The third kappa shape index (κ3) is 7.39. The normalized spacial score (nSPS) is 18.1. The second-order valence-corrected chi connectivity index (χ2v) is 6.60. The molecular formula is C16H29N7O5. The predicted octanol–water partition coefficient (Wildman–Crippen LogP) is -2.94. The zero-order valence-corrected chi connectivity index (χ0v) is 15.9. The molecule has 0 spiro atoms. The summed E-state index contributed by atoms with van der Waals surface area (Å²) in [4.78, 5) is 52.7. The van der Waals surface area contributed by atoms with Crippen molar-refractivity contribution in [3.8, 4) is 0 Å². The minimum Gasteiger partial charge on any atom is -0.480 e. The van der Waals surface area contributed by atoms with E-state index in [1.165, 1.54) is 4.90 Å². The fraction of sp³-hybridized carbons (Fsp3) is 0.688. The molecule has 158 valence electrons. The first-order valence-electron chi connectivity index (χ1n) is 9.04. The summed E-state index contributed by atoms with van der Waals surface area (Å²) in [5.41, 5.74) is 16.0. The number of nitrogens with zero attached hydrogens (tertiary/aromatic N) is 2. The molecule has 28 heavy (non-hydrogen) atoms. The molecule has 12 heteroatoms. The minimum atomic E-state index is -1.20. The average Bonchev–Trinajstić information content (AvgIpc) is 3.10. The van der Waals surface area contributed by atoms with Crippen molar-refractivity contribution in [1.29, 1.82) is 0 Å². The first kappa shape index (κ1) is 23.1. The summed E-state index contributed by atoms with van der Waals surface area (Å²) in [5.74, 6) is -2.74. The molecule has 0 aromatic rings. The van der Waals surface area contributed by atoms with E-state index in [1.54, 1.807) is 6.92 Å². The molecule has 1 aliphatic heterocycles. The van der Waals surface area contributed by atoms with E-state index in [1.807, 2.05) is 0 Å². The number of carboxylic acid groups (broad SMARTS) is 1. The van der Waals surface area contributed by atoms with E-state index in [2.05, 4.69) is 15.6 Å². The largest absolute Gasteiger partial charge is 0.480 e. The van der Waals surface area contributed by atoms with Gasteiger partial charge in [-0.3, -0.25) is 19.4 Å². The third-order valence-corrected chi connectivity index (χ3v) is 4.23. The zero-order valence-electron chi connectivity index (χ0n) is 15.9. The van der Waals surface area contributed by atoms with Gasteiger partial charge in [-0.25, -0.2) is 4.79 Å². The van der Waals surface area contributed by atoms with E-state index >= 15 is 0 Å². The lowest BCUT2D eigenvalue weighted by Crippen LogP contribution is -2.52. The Labute approximate surface area is 162 Å². The second kappa shape index (κ2) is 11.1. The number of nitrogens with two attached hydrogens (primary N) is 3. The van der Waals surface area contributed by atoms with E-state index in [0.717, 1.165) is 0 Å². The highest BCUT2D eigenvalue weighted by Crippen LogP contribution is 2.18. The van der Waals surface area contributed by atoms with Crippen molar-refractivity contribution in [2.24, 2.45) is 22.2 Å². The number of carbonyl (C=O) groups is 4. The second-order valence-electron chi connectivity index (χ2n) is 6.60. The summed E-state index contributed by atoms with van der Waals surface area (Å²) >= 11 is 0. The van der Waals surface area contributed by atoms with Crippen LogP contribution in [-0.4, -0.2) is 77.4 Å². The molecule has 0 aromatic heterocycles. The van der Waals surface area contributed by atoms with Crippen LogP contribution in [0.5, 0.6) is 0 Å². The molecule has 0 aromatic carbocycles. The number of carboxylic acids is 1. The van der Waals surface area contributed by atoms with Crippen molar-refractivity contribution in [2.75, 3.05) is 19.6 Å². The molecule has 1 saturated heterocycles. The Balaban J connectivity index is 2.48. The Morgan fingerprint density at radius 2 is 1.96 bits per heavy atom. The zero-order chi connectivity index (χ0) is 21.3. The fourth-order valence-corrected chi connectivity index (χ4v) is 2.86. The van der Waals surface area contributed by atoms with Gasteiger partial charge in [-0.05, 0) is 32.6 Å². The van der Waals surface area contributed by atoms with Crippen LogP contribution in [-0.2, 0) is 19.2 Å². The molecule has 0 bridgehead atoms. The molecule has 3 unspecified atom stereocenters. The first-order valence-corrected chi connectivity index (χ1v) is 9.04. The number of carbonyl (C=O) groups excluding carboxylic acids is 3. The van der Waals surface area contributed by atoms with Crippen molar-refractivity contribution < 1.29 is 24.3 Å². The van der Waals surface area contributed by atoms with Gasteiger partial charge in [-0.15, -0.1) is 0 Å². The fourth-order valence-electron chi connectivity index (χ4n) is 2.86. The Morgan fingerprint density at radius 1 is 1.29 bits per heavy atom. The highest BCUT2D eigenvalue weighted by Gasteiger charge is 2.35. The summed E-state index contributed by atoms with van der Waals surface area (Å²) in [5, 5.41) is 14.0. The summed E-state index contributed by atoms with van der Waals surface area (Å²) in [6, 6.07) is -2.52. The maximum absolute atomic E-state index is 12.3. The molecule has 1 aliphatic rings. The van der Waals surface area contributed by atoms with Gasteiger partial charge in [-0.2, -0.15) is 0 Å². The number of likely N-dealkylation sites (tertiary alicyclic amines) is 1. The van der Waals surface area contributed by atoms with Crippen LogP contribution in [0.2, 0.25) is 0 Å². The minimum absolute atomic E-state index is 0.0953. The number of nitrogens with one attached hydrogen (secondary N) is 2. The Kier molecular flexibility index (Phi) is 9.15. The molecular weight excluding hydrogens is 370 g/mol. The van der Waals surface area contributed by atoms with Crippen LogP contribution in [0, 0.1) is 0 Å². The van der Waals surface area contributed by atoms with Gasteiger partial charge in [-0.1, -0.05) is 0 Å². The third-order valence-electron chi connectivity index (χ3n) is 4.23. The Hall–Kier alpha value is -2.89. The van der Waals surface area contributed by atoms with E-state index < -0.39 is 42.5 Å². The van der Waals surface area contributed by atoms with Crippen LogP contribution in [0.3, 0.4) is 0 Å². The van der Waals surface area contributed by atoms with Crippen LogP contribution in [0.15, 0.2) is 4.99 Å². The van der Waals surface area contributed by atoms with Gasteiger partial charge in [0.25, 0.3) is 0 Å². The SMILES string of the molecule is CC(N)C(=O)N1CCCC1C(=O)NCC(=O)NC(CCCN=C(N)N)C(=O)O. The summed E-state index contributed by atoms with van der Waals surface area (Å²) in [6.45, 7) is 1.82. The maximum Gasteiger partial charge on any atom is 0.326 e. The standard InChI is InChI=1S/C16H29N7O5/c1-9(17)14(26)23-7-3-5-11(23)13(25)21-8-12(24)22-10(15(27)28)4-2-6-20-16(18)19/h9-11H,2-8,17H2,1H3,(H,21,25)(H,22,24)(H,27,28)(H4,18,19,20). The molecule has 9 N–H and O–H groups in total. The van der Waals surface area contributed by atoms with Gasteiger partial charge in [0, 0.05) is 13.1 Å². The lowest BCUT2D eigenvalue weighted by atomic mass is 10.1. The van der Waals surface area contributed by atoms with Gasteiger partial charge in [0.2, 0.25) is 17.7 Å². The van der Waals surface area contributed by atoms with Crippen molar-refractivity contribution in [2.45, 2.75) is 50.7 Å². The van der Waals surface area contributed by atoms with Gasteiger partial charge >= 0.3 is 5.97 Å². The summed E-state index contributed by atoms with van der Waals surface area (Å²) in [6.07, 6.45) is 1.64. The van der Waals surface area contributed by atoms with Crippen LogP contribution in [0.25, 0.3) is 0 Å². The van der Waals surface area contributed by atoms with Crippen molar-refractivity contribution in [3.63, 3.8) is 0 Å². The van der Waals surface area contributed by atoms with E-state index in [0.29, 0.717) is 25.8 Å². The lowest BCUT2D eigenvalue weighted by molar-refractivity contribution is -0.142. The monoisotopic (exact) mass is 399 g/mol. The van der Waals surface area contributed by atoms with Crippen LogP contribution < -0.4 is 27.8 Å². The van der Waals surface area contributed by atoms with Crippen LogP contribution in [0.1, 0.15) is 32.6 Å². The topological polar surface area (TPSA) is 206 Å². The molecule has 0 saturated carbocycles. The van der Waals surface area contributed by atoms with Crippen molar-refractivity contribution in [1.82, 2.24) is 15.5 Å². The molecule has 1 heterocycles. The molecule has 0 aliphatic carbocycles. The number of amides is 3. The summed E-state index contributed by atoms with van der Waals surface area (Å²) in [7, 11) is 0. The van der Waals surface area contributed by atoms with Crippen molar-refractivity contribution in [3.05, 3.63) is 0 Å². The number of hydrogen-bond donors (Lipinski definition) is 6. The van der Waals surface area contributed by atoms with Crippen LogP contribution in [0.4, 0.5) is 0 Å². The van der Waals surface area contributed by atoms with E-state index in [4.69, 9.17) is 17.2 Å². The average molecular weight is 399 g/mol. The highest BCUT2D eigenvalue weighted by atomic mass is 16.4. The first-order chi connectivity index (χ1) is 13.1. The van der Waals surface area contributed by atoms with Gasteiger partial charge in [0.05, 0.1) is 12.6 Å². The molecule has 1 fully saturated rings. The van der Waals surface area contributed by atoms with E-state index in [-0.39, 0.29) is 24.8 Å². The quantitative estimate of drug-likeness (QED) is 0.127. The smallest absolute Gasteiger partial charge is 0.326 e. The van der Waals surface area contributed by atoms with E-state index in [9.17, 15) is 24.3 Å². The number of aliphatic imine (C=N–C) groups is 1. The lowest BCUT2D eigenvalue weighted by Gasteiger charge is -2.25. The number of guanidine groups is 1. The molecule has 3 atom stereocenters. The highest BCUT2D eigenvalue weighted by molar-refractivity contribution is 5.92. The molecule has 12 nitrogen and oxygen atoms in total. The number of aliphatic carboxylic acids is 1. The molecule has 3 amide bonds. The maximum atomic E-state index is 12.3. The Bertz CT molecular complexity index is 619. The van der Waals surface area contributed by atoms with Gasteiger partial charge < -0.3 is 37.8 Å². The molecule has 0 radical (unpaired) electrons. The van der Waals surface area contributed by atoms with Gasteiger partial charge in [0.1, 0.15) is 12.1 Å². The van der Waals surface area contributed by atoms with Gasteiger partial charge in [0.15, 0.2) is 5.96 Å². The predicted molar refractivity (Wildman–Crippen MR) is 101 cm³/mol. The summed E-state index contributed by atoms with van der Waals surface area (Å²) < 4.78 is 0. The number of hydrogen-bond acceptors (Lipinski definition) is 6. The number of rotatable bonds is 10. The Morgan fingerprint density at radius 3 is 2.54 bits per heavy atom. The van der Waals surface area contributed by atoms with Crippen LogP contribution >= 0.6 is 0 Å². The van der Waals surface area contributed by atoms with Crippen molar-refractivity contribution >= 4 is 29.7 Å².